The smallest absolute Gasteiger partial charge is 0.307 e. The van der Waals surface area contributed by atoms with Gasteiger partial charge < -0.3 is 5.11 Å². The van der Waals surface area contributed by atoms with Gasteiger partial charge in [-0.1, -0.05) is 12.2 Å². The van der Waals surface area contributed by atoms with Gasteiger partial charge in [-0.05, 0) is 12.0 Å². The van der Waals surface area contributed by atoms with Gasteiger partial charge in [-0.25, -0.2) is 4.39 Å². The van der Waals surface area contributed by atoms with E-state index in [-0.39, 0.29) is 12.2 Å². The topological polar surface area (TPSA) is 37.3 Å². The highest BCUT2D eigenvalue weighted by Crippen LogP contribution is 2.21. The van der Waals surface area contributed by atoms with Crippen LogP contribution in [0.4, 0.5) is 4.39 Å². The SMILES string of the molecule is O=C(O)CC1=C(F)CCC=C1. The number of carbonyl (C=O) groups is 1. The molecule has 0 bridgehead atoms. The third kappa shape index (κ3) is 2.18. The molecular formula is C8H9FO2. The average Bonchev–Trinajstić information content (AvgIpc) is 1.93. The van der Waals surface area contributed by atoms with Crippen LogP contribution in [0.2, 0.25) is 0 Å². The van der Waals surface area contributed by atoms with Gasteiger partial charge in [0, 0.05) is 6.42 Å². The Kier molecular flexibility index (Phi) is 2.41. The number of hydrogen-bond donors (Lipinski definition) is 1. The number of carboxylic acid groups (broad SMARTS) is 1. The van der Waals surface area contributed by atoms with Crippen molar-refractivity contribution in [3.8, 4) is 0 Å². The molecule has 0 fully saturated rings. The molecule has 2 nitrogen and oxygen atoms in total. The molecule has 0 atom stereocenters. The summed E-state index contributed by atoms with van der Waals surface area (Å²) in [5.41, 5.74) is 0.309. The molecule has 0 saturated heterocycles. The second-order valence-corrected chi connectivity index (χ2v) is 2.44. The predicted molar refractivity (Wildman–Crippen MR) is 38.8 cm³/mol. The van der Waals surface area contributed by atoms with E-state index in [1.807, 2.05) is 0 Å². The second kappa shape index (κ2) is 3.32. The van der Waals surface area contributed by atoms with Crippen molar-refractivity contribution in [1.82, 2.24) is 0 Å². The minimum absolute atomic E-state index is 0.206. The summed E-state index contributed by atoms with van der Waals surface area (Å²) in [6, 6.07) is 0. The molecule has 0 aliphatic heterocycles. The second-order valence-electron chi connectivity index (χ2n) is 2.44. The summed E-state index contributed by atoms with van der Waals surface area (Å²) in [4.78, 5) is 10.2. The van der Waals surface area contributed by atoms with Crippen molar-refractivity contribution in [1.29, 1.82) is 0 Å². The van der Waals surface area contributed by atoms with Crippen LogP contribution in [0, 0.1) is 0 Å². The summed E-state index contributed by atoms with van der Waals surface area (Å²) in [5.74, 6) is -1.27. The summed E-state index contributed by atoms with van der Waals surface area (Å²) in [5, 5.41) is 8.35. The van der Waals surface area contributed by atoms with Crippen molar-refractivity contribution < 1.29 is 14.3 Å². The standard InChI is InChI=1S/C8H9FO2/c9-7-4-2-1-3-6(7)5-8(10)11/h1,3H,2,4-5H2,(H,10,11). The highest BCUT2D eigenvalue weighted by atomic mass is 19.1. The van der Waals surface area contributed by atoms with Gasteiger partial charge in [-0.2, -0.15) is 0 Å². The van der Waals surface area contributed by atoms with Gasteiger partial charge in [0.2, 0.25) is 0 Å². The first-order valence-electron chi connectivity index (χ1n) is 3.46. The zero-order chi connectivity index (χ0) is 8.27. The lowest BCUT2D eigenvalue weighted by Crippen LogP contribution is -1.99. The van der Waals surface area contributed by atoms with Crippen molar-refractivity contribution in [2.75, 3.05) is 0 Å². The molecule has 0 saturated carbocycles. The lowest BCUT2D eigenvalue weighted by atomic mass is 10.0. The Morgan fingerprint density at radius 1 is 1.73 bits per heavy atom. The maximum absolute atomic E-state index is 12.8. The van der Waals surface area contributed by atoms with Gasteiger partial charge in [0.25, 0.3) is 0 Å². The lowest BCUT2D eigenvalue weighted by Gasteiger charge is -2.06. The molecule has 0 amide bonds. The molecule has 0 spiro atoms. The third-order valence-electron chi connectivity index (χ3n) is 1.54. The molecule has 0 unspecified atom stereocenters. The number of rotatable bonds is 2. The number of hydrogen-bond acceptors (Lipinski definition) is 1. The summed E-state index contributed by atoms with van der Waals surface area (Å²) in [6.07, 6.45) is 4.16. The Balaban J connectivity index is 2.68. The first kappa shape index (κ1) is 7.98. The highest BCUT2D eigenvalue weighted by Gasteiger charge is 2.10. The number of halogens is 1. The molecule has 1 aliphatic rings. The summed E-state index contributed by atoms with van der Waals surface area (Å²) < 4.78 is 12.8. The molecule has 0 aromatic heterocycles. The van der Waals surface area contributed by atoms with E-state index in [4.69, 9.17) is 5.11 Å². The van der Waals surface area contributed by atoms with Crippen LogP contribution in [-0.2, 0) is 4.79 Å². The number of allylic oxidation sites excluding steroid dienone is 3. The molecule has 0 aromatic rings. The summed E-state index contributed by atoms with van der Waals surface area (Å²) in [7, 11) is 0. The molecule has 0 radical (unpaired) electrons. The van der Waals surface area contributed by atoms with Crippen LogP contribution < -0.4 is 0 Å². The monoisotopic (exact) mass is 156 g/mol. The largest absolute Gasteiger partial charge is 0.481 e. The Labute approximate surface area is 64.0 Å². The number of aliphatic carboxylic acids is 1. The van der Waals surface area contributed by atoms with Crippen LogP contribution in [0.5, 0.6) is 0 Å². The lowest BCUT2D eigenvalue weighted by molar-refractivity contribution is -0.136. The van der Waals surface area contributed by atoms with Gasteiger partial charge in [0.15, 0.2) is 0 Å². The van der Waals surface area contributed by atoms with E-state index in [1.54, 1.807) is 12.2 Å². The van der Waals surface area contributed by atoms with Gasteiger partial charge in [-0.3, -0.25) is 4.79 Å². The van der Waals surface area contributed by atoms with Crippen molar-refractivity contribution in [3.63, 3.8) is 0 Å². The van der Waals surface area contributed by atoms with E-state index >= 15 is 0 Å². The van der Waals surface area contributed by atoms with Gasteiger partial charge >= 0.3 is 5.97 Å². The van der Waals surface area contributed by atoms with E-state index in [1.165, 1.54) is 0 Å². The maximum atomic E-state index is 12.8. The third-order valence-corrected chi connectivity index (χ3v) is 1.54. The first-order chi connectivity index (χ1) is 5.20. The Hall–Kier alpha value is -1.12. The molecule has 1 rings (SSSR count). The highest BCUT2D eigenvalue weighted by molar-refractivity contribution is 5.71. The quantitative estimate of drug-likeness (QED) is 0.664. The van der Waals surface area contributed by atoms with Gasteiger partial charge in [0.05, 0.1) is 6.42 Å². The molecule has 1 N–H and O–H groups in total. The predicted octanol–water partition coefficient (Wildman–Crippen LogP) is 2.03. The molecule has 3 heteroatoms. The van der Waals surface area contributed by atoms with Gasteiger partial charge in [-0.15, -0.1) is 0 Å². The van der Waals surface area contributed by atoms with E-state index < -0.39 is 5.97 Å². The van der Waals surface area contributed by atoms with Crippen molar-refractivity contribution in [3.05, 3.63) is 23.6 Å². The van der Waals surface area contributed by atoms with Gasteiger partial charge in [0.1, 0.15) is 5.83 Å². The maximum Gasteiger partial charge on any atom is 0.307 e. The Morgan fingerprint density at radius 3 is 3.00 bits per heavy atom. The number of carboxylic acids is 1. The minimum atomic E-state index is -0.985. The van der Waals surface area contributed by atoms with Crippen molar-refractivity contribution in [2.24, 2.45) is 0 Å². The fourth-order valence-electron chi connectivity index (χ4n) is 1.00. The molecule has 0 heterocycles. The summed E-state index contributed by atoms with van der Waals surface area (Å²) >= 11 is 0. The van der Waals surface area contributed by atoms with Crippen LogP contribution in [0.1, 0.15) is 19.3 Å². The van der Waals surface area contributed by atoms with E-state index in [2.05, 4.69) is 0 Å². The first-order valence-corrected chi connectivity index (χ1v) is 3.46. The van der Waals surface area contributed by atoms with Crippen molar-refractivity contribution in [2.45, 2.75) is 19.3 Å². The zero-order valence-corrected chi connectivity index (χ0v) is 6.01. The van der Waals surface area contributed by atoms with Crippen LogP contribution in [-0.4, -0.2) is 11.1 Å². The zero-order valence-electron chi connectivity index (χ0n) is 6.01. The van der Waals surface area contributed by atoms with E-state index in [0.29, 0.717) is 18.4 Å². The Bertz CT molecular complexity index is 228. The fourth-order valence-corrected chi connectivity index (χ4v) is 1.00. The van der Waals surface area contributed by atoms with Crippen LogP contribution in [0.15, 0.2) is 23.6 Å². The van der Waals surface area contributed by atoms with Crippen molar-refractivity contribution >= 4 is 5.97 Å². The molecular weight excluding hydrogens is 147 g/mol. The molecule has 0 aromatic carbocycles. The fraction of sp³-hybridized carbons (Fsp3) is 0.375. The van der Waals surface area contributed by atoms with E-state index in [0.717, 1.165) is 0 Å². The van der Waals surface area contributed by atoms with Crippen LogP contribution in [0.3, 0.4) is 0 Å². The van der Waals surface area contributed by atoms with Crippen LogP contribution in [0.25, 0.3) is 0 Å². The van der Waals surface area contributed by atoms with Crippen LogP contribution >= 0.6 is 0 Å². The average molecular weight is 156 g/mol. The Morgan fingerprint density at radius 2 is 2.45 bits per heavy atom. The molecule has 1 aliphatic carbocycles. The minimum Gasteiger partial charge on any atom is -0.481 e. The normalized spacial score (nSPS) is 17.2. The van der Waals surface area contributed by atoms with E-state index in [9.17, 15) is 9.18 Å². The molecule has 60 valence electrons. The summed E-state index contributed by atoms with van der Waals surface area (Å²) in [6.45, 7) is 0. The molecule has 11 heavy (non-hydrogen) atoms.